The molecule has 0 aliphatic carbocycles. The van der Waals surface area contributed by atoms with Gasteiger partial charge in [0.15, 0.2) is 0 Å². The van der Waals surface area contributed by atoms with Crippen LogP contribution in [0.25, 0.3) is 10.9 Å². The Bertz CT molecular complexity index is 1040. The van der Waals surface area contributed by atoms with E-state index in [2.05, 4.69) is 0 Å². The van der Waals surface area contributed by atoms with Crippen LogP contribution in [0.4, 0.5) is 0 Å². The Morgan fingerprint density at radius 2 is 1.75 bits per heavy atom. The molecule has 0 spiro atoms. The largest absolute Gasteiger partial charge is 0.480 e. The molecule has 7 heteroatoms. The van der Waals surface area contributed by atoms with Crippen molar-refractivity contribution in [3.8, 4) is 0 Å². The third-order valence-corrected chi connectivity index (χ3v) is 3.90. The second-order valence-electron chi connectivity index (χ2n) is 5.30. The van der Waals surface area contributed by atoms with Gasteiger partial charge in [0, 0.05) is 5.02 Å². The van der Waals surface area contributed by atoms with Crippen LogP contribution in [0, 0.1) is 0 Å². The van der Waals surface area contributed by atoms with Crippen molar-refractivity contribution in [1.82, 2.24) is 9.13 Å². The minimum absolute atomic E-state index is 0.208. The lowest BCUT2D eigenvalue weighted by Gasteiger charge is -2.13. The lowest BCUT2D eigenvalue weighted by Crippen LogP contribution is -2.41. The van der Waals surface area contributed by atoms with E-state index in [4.69, 9.17) is 16.7 Å². The lowest BCUT2D eigenvalue weighted by molar-refractivity contribution is -0.137. The number of rotatable bonds is 4. The topological polar surface area (TPSA) is 81.3 Å². The van der Waals surface area contributed by atoms with Crippen molar-refractivity contribution < 1.29 is 9.90 Å². The van der Waals surface area contributed by atoms with Gasteiger partial charge in [0.2, 0.25) is 0 Å². The van der Waals surface area contributed by atoms with Crippen molar-refractivity contribution in [2.45, 2.75) is 13.1 Å². The van der Waals surface area contributed by atoms with Gasteiger partial charge in [0.25, 0.3) is 5.56 Å². The van der Waals surface area contributed by atoms with Gasteiger partial charge in [-0.3, -0.25) is 14.2 Å². The Hall–Kier alpha value is -2.86. The number of hydrogen-bond acceptors (Lipinski definition) is 3. The van der Waals surface area contributed by atoms with Crippen LogP contribution in [-0.2, 0) is 17.9 Å². The summed E-state index contributed by atoms with van der Waals surface area (Å²) >= 11 is 5.95. The maximum absolute atomic E-state index is 12.7. The van der Waals surface area contributed by atoms with Crippen molar-refractivity contribution in [1.29, 1.82) is 0 Å². The van der Waals surface area contributed by atoms with Crippen molar-refractivity contribution in [3.05, 3.63) is 80.0 Å². The van der Waals surface area contributed by atoms with Crippen molar-refractivity contribution in [3.63, 3.8) is 0 Å². The number of carbonyl (C=O) groups is 1. The van der Waals surface area contributed by atoms with E-state index in [-0.39, 0.29) is 11.9 Å². The van der Waals surface area contributed by atoms with Crippen LogP contribution in [0.2, 0.25) is 5.02 Å². The van der Waals surface area contributed by atoms with Crippen LogP contribution >= 0.6 is 11.6 Å². The molecular formula is C17H13ClN2O4. The van der Waals surface area contributed by atoms with Gasteiger partial charge in [-0.05, 0) is 23.8 Å². The maximum atomic E-state index is 12.7. The monoisotopic (exact) mass is 344 g/mol. The number of carboxylic acid groups (broad SMARTS) is 1. The van der Waals surface area contributed by atoms with Crippen LogP contribution in [0.5, 0.6) is 0 Å². The van der Waals surface area contributed by atoms with Crippen LogP contribution in [0.3, 0.4) is 0 Å². The normalized spacial score (nSPS) is 10.9. The molecule has 0 atom stereocenters. The van der Waals surface area contributed by atoms with Crippen molar-refractivity contribution in [2.24, 2.45) is 0 Å². The summed E-state index contributed by atoms with van der Waals surface area (Å²) in [5.41, 5.74) is -0.0541. The minimum Gasteiger partial charge on any atom is -0.480 e. The van der Waals surface area contributed by atoms with E-state index in [0.717, 1.165) is 5.56 Å². The highest BCUT2D eigenvalue weighted by molar-refractivity contribution is 6.31. The zero-order chi connectivity index (χ0) is 17.3. The van der Waals surface area contributed by atoms with Gasteiger partial charge in [-0.25, -0.2) is 9.36 Å². The molecule has 0 radical (unpaired) electrons. The molecule has 0 aliphatic heterocycles. The summed E-state index contributed by atoms with van der Waals surface area (Å²) in [7, 11) is 0. The molecule has 2 aromatic carbocycles. The number of hydrogen-bond donors (Lipinski definition) is 1. The Balaban J connectivity index is 2.32. The predicted molar refractivity (Wildman–Crippen MR) is 90.7 cm³/mol. The molecule has 0 saturated heterocycles. The first-order valence-electron chi connectivity index (χ1n) is 7.16. The zero-order valence-electron chi connectivity index (χ0n) is 12.5. The Kier molecular flexibility index (Phi) is 4.22. The van der Waals surface area contributed by atoms with Gasteiger partial charge in [0.1, 0.15) is 6.54 Å². The van der Waals surface area contributed by atoms with E-state index >= 15 is 0 Å². The summed E-state index contributed by atoms with van der Waals surface area (Å²) < 4.78 is 2.09. The molecular weight excluding hydrogens is 332 g/mol. The summed E-state index contributed by atoms with van der Waals surface area (Å²) in [5, 5.41) is 9.54. The van der Waals surface area contributed by atoms with E-state index < -0.39 is 23.8 Å². The Morgan fingerprint density at radius 3 is 2.42 bits per heavy atom. The van der Waals surface area contributed by atoms with Gasteiger partial charge in [-0.15, -0.1) is 0 Å². The molecule has 1 aromatic heterocycles. The predicted octanol–water partition coefficient (Wildman–Crippen LogP) is 1.95. The molecule has 3 aromatic rings. The smallest absolute Gasteiger partial charge is 0.332 e. The molecule has 0 saturated carbocycles. The summed E-state index contributed by atoms with van der Waals surface area (Å²) in [4.78, 5) is 36.1. The van der Waals surface area contributed by atoms with Crippen LogP contribution in [0.15, 0.2) is 58.1 Å². The van der Waals surface area contributed by atoms with E-state index in [9.17, 15) is 14.4 Å². The fraction of sp³-hybridized carbons (Fsp3) is 0.118. The summed E-state index contributed by atoms with van der Waals surface area (Å²) in [6, 6.07) is 13.9. The molecule has 1 heterocycles. The van der Waals surface area contributed by atoms with Gasteiger partial charge < -0.3 is 5.11 Å². The number of carboxylic acids is 1. The molecule has 0 aliphatic rings. The molecule has 0 amide bonds. The highest BCUT2D eigenvalue weighted by atomic mass is 35.5. The first-order valence-corrected chi connectivity index (χ1v) is 7.54. The second kappa shape index (κ2) is 6.33. The average Bonchev–Trinajstić information content (AvgIpc) is 2.56. The number of fused-ring (bicyclic) bond motifs is 1. The second-order valence-corrected chi connectivity index (χ2v) is 5.74. The van der Waals surface area contributed by atoms with Gasteiger partial charge >= 0.3 is 11.7 Å². The molecule has 0 bridgehead atoms. The molecule has 0 fully saturated rings. The van der Waals surface area contributed by atoms with E-state index in [1.54, 1.807) is 12.1 Å². The zero-order valence-corrected chi connectivity index (χ0v) is 13.2. The highest BCUT2D eigenvalue weighted by Gasteiger charge is 2.15. The number of aliphatic carboxylic acids is 1. The quantitative estimate of drug-likeness (QED) is 0.784. The number of aromatic nitrogens is 2. The average molecular weight is 345 g/mol. The first-order chi connectivity index (χ1) is 11.5. The Morgan fingerprint density at radius 1 is 1.04 bits per heavy atom. The standard InChI is InChI=1S/C17H13ClN2O4/c18-12-6-7-14-13(8-12)16(23)20(10-15(21)22)17(24)19(14)9-11-4-2-1-3-5-11/h1-8H,9-10H2,(H,21,22). The molecule has 24 heavy (non-hydrogen) atoms. The fourth-order valence-electron chi connectivity index (χ4n) is 2.59. The van der Waals surface area contributed by atoms with E-state index in [1.165, 1.54) is 10.6 Å². The minimum atomic E-state index is -1.26. The third kappa shape index (κ3) is 2.96. The number of nitrogens with zero attached hydrogens (tertiary/aromatic N) is 2. The van der Waals surface area contributed by atoms with Crippen molar-refractivity contribution >= 4 is 28.5 Å². The summed E-state index contributed by atoms with van der Waals surface area (Å²) in [5.74, 6) is -1.26. The van der Waals surface area contributed by atoms with Gasteiger partial charge in [0.05, 0.1) is 17.4 Å². The van der Waals surface area contributed by atoms with Gasteiger partial charge in [-0.2, -0.15) is 0 Å². The molecule has 3 rings (SSSR count). The molecule has 6 nitrogen and oxygen atoms in total. The molecule has 122 valence electrons. The lowest BCUT2D eigenvalue weighted by atomic mass is 10.2. The first kappa shape index (κ1) is 16.0. The number of benzene rings is 2. The van der Waals surface area contributed by atoms with Crippen LogP contribution in [-0.4, -0.2) is 20.2 Å². The highest BCUT2D eigenvalue weighted by Crippen LogP contribution is 2.16. The summed E-state index contributed by atoms with van der Waals surface area (Å²) in [6.45, 7) is -0.480. The number of halogens is 1. The molecule has 1 N–H and O–H groups in total. The van der Waals surface area contributed by atoms with Crippen molar-refractivity contribution in [2.75, 3.05) is 0 Å². The molecule has 0 unspecified atom stereocenters. The summed E-state index contributed by atoms with van der Waals surface area (Å²) in [6.07, 6.45) is 0. The third-order valence-electron chi connectivity index (χ3n) is 3.66. The maximum Gasteiger partial charge on any atom is 0.332 e. The fourth-order valence-corrected chi connectivity index (χ4v) is 2.76. The van der Waals surface area contributed by atoms with Crippen LogP contribution < -0.4 is 11.2 Å². The van der Waals surface area contributed by atoms with Gasteiger partial charge in [-0.1, -0.05) is 41.9 Å². The van der Waals surface area contributed by atoms with E-state index in [1.807, 2.05) is 30.3 Å². The SMILES string of the molecule is O=C(O)Cn1c(=O)c2cc(Cl)ccc2n(Cc2ccccc2)c1=O. The van der Waals surface area contributed by atoms with Crippen LogP contribution in [0.1, 0.15) is 5.56 Å². The Labute approximate surface area is 141 Å². The van der Waals surface area contributed by atoms with E-state index in [0.29, 0.717) is 15.1 Å².